The average molecular weight is 285 g/mol. The number of ketones is 1. The van der Waals surface area contributed by atoms with Crippen molar-refractivity contribution in [2.45, 2.75) is 37.6 Å². The van der Waals surface area contributed by atoms with Gasteiger partial charge in [-0.05, 0) is 47.8 Å². The lowest BCUT2D eigenvalue weighted by atomic mass is 9.79. The van der Waals surface area contributed by atoms with E-state index in [2.05, 4.69) is 24.3 Å². The van der Waals surface area contributed by atoms with Crippen LogP contribution in [0.25, 0.3) is 0 Å². The molecule has 1 heterocycles. The summed E-state index contributed by atoms with van der Waals surface area (Å²) in [5, 5.41) is 1.97. The van der Waals surface area contributed by atoms with Crippen LogP contribution in [-0.4, -0.2) is 5.78 Å². The Morgan fingerprint density at radius 2 is 2.15 bits per heavy atom. The van der Waals surface area contributed by atoms with E-state index in [0.29, 0.717) is 12.3 Å². The van der Waals surface area contributed by atoms with Crippen molar-refractivity contribution in [1.82, 2.24) is 0 Å². The molecule has 0 bridgehead atoms. The van der Waals surface area contributed by atoms with E-state index in [4.69, 9.17) is 5.73 Å². The number of hydrogen-bond acceptors (Lipinski definition) is 3. The van der Waals surface area contributed by atoms with Crippen molar-refractivity contribution in [3.63, 3.8) is 0 Å². The molecular weight excluding hydrogens is 266 g/mol. The summed E-state index contributed by atoms with van der Waals surface area (Å²) < 4.78 is 0. The van der Waals surface area contributed by atoms with Crippen LogP contribution in [0.3, 0.4) is 0 Å². The van der Waals surface area contributed by atoms with Crippen LogP contribution >= 0.6 is 11.3 Å². The Kier molecular flexibility index (Phi) is 3.99. The molecule has 0 amide bonds. The van der Waals surface area contributed by atoms with Crippen LogP contribution in [0.4, 0.5) is 0 Å². The van der Waals surface area contributed by atoms with E-state index >= 15 is 0 Å². The molecule has 20 heavy (non-hydrogen) atoms. The molecule has 1 aromatic carbocycles. The highest BCUT2D eigenvalue weighted by Crippen LogP contribution is 2.35. The van der Waals surface area contributed by atoms with Gasteiger partial charge in [0, 0.05) is 11.3 Å². The van der Waals surface area contributed by atoms with Gasteiger partial charge in [-0.15, -0.1) is 11.3 Å². The van der Waals surface area contributed by atoms with Gasteiger partial charge in [-0.25, -0.2) is 0 Å². The first-order chi connectivity index (χ1) is 9.75. The van der Waals surface area contributed by atoms with Gasteiger partial charge in [-0.3, -0.25) is 4.79 Å². The fourth-order valence-electron chi connectivity index (χ4n) is 3.06. The molecule has 2 atom stereocenters. The third-order valence-corrected chi connectivity index (χ3v) is 5.09. The summed E-state index contributed by atoms with van der Waals surface area (Å²) in [6.45, 7) is 0. The minimum Gasteiger partial charge on any atom is -0.317 e. The number of hydrogen-bond donors (Lipinski definition) is 1. The molecule has 3 rings (SSSR count). The van der Waals surface area contributed by atoms with Crippen LogP contribution in [0.2, 0.25) is 0 Å². The molecular formula is C17H19NOS. The first-order valence-electron chi connectivity index (χ1n) is 7.15. The summed E-state index contributed by atoms with van der Waals surface area (Å²) in [5.74, 6) is 0.507. The maximum Gasteiger partial charge on any atom is 0.155 e. The first-order valence-corrected chi connectivity index (χ1v) is 8.03. The van der Waals surface area contributed by atoms with Crippen molar-refractivity contribution in [2.75, 3.05) is 0 Å². The van der Waals surface area contributed by atoms with E-state index in [9.17, 15) is 4.79 Å². The molecule has 1 aromatic heterocycles. The monoisotopic (exact) mass is 285 g/mol. The summed E-state index contributed by atoms with van der Waals surface area (Å²) in [7, 11) is 0. The third-order valence-electron chi connectivity index (χ3n) is 4.14. The fraction of sp³-hybridized carbons (Fsp3) is 0.353. The molecule has 0 aliphatic heterocycles. The quantitative estimate of drug-likeness (QED) is 0.927. The molecule has 0 fully saturated rings. The highest BCUT2D eigenvalue weighted by atomic mass is 32.1. The van der Waals surface area contributed by atoms with Gasteiger partial charge in [-0.1, -0.05) is 30.3 Å². The van der Waals surface area contributed by atoms with Crippen LogP contribution in [-0.2, 0) is 11.2 Å². The summed E-state index contributed by atoms with van der Waals surface area (Å²) in [6.07, 6.45) is 3.97. The largest absolute Gasteiger partial charge is 0.317 e. The summed E-state index contributed by atoms with van der Waals surface area (Å²) in [5.41, 5.74) is 8.84. The fourth-order valence-corrected chi connectivity index (χ4v) is 3.81. The molecule has 2 aromatic rings. The van der Waals surface area contributed by atoms with E-state index < -0.39 is 6.04 Å². The minimum absolute atomic E-state index is 0.161. The molecule has 1 aliphatic carbocycles. The number of nitrogens with two attached hydrogens (primary N) is 1. The van der Waals surface area contributed by atoms with Gasteiger partial charge in [0.25, 0.3) is 0 Å². The van der Waals surface area contributed by atoms with Gasteiger partial charge in [0.15, 0.2) is 5.78 Å². The van der Waals surface area contributed by atoms with Crippen molar-refractivity contribution in [3.05, 3.63) is 57.8 Å². The van der Waals surface area contributed by atoms with Crippen molar-refractivity contribution in [1.29, 1.82) is 0 Å². The maximum absolute atomic E-state index is 12.4. The van der Waals surface area contributed by atoms with Crippen molar-refractivity contribution in [2.24, 2.45) is 5.73 Å². The van der Waals surface area contributed by atoms with Gasteiger partial charge in [-0.2, -0.15) is 0 Å². The van der Waals surface area contributed by atoms with E-state index in [-0.39, 0.29) is 5.78 Å². The highest BCUT2D eigenvalue weighted by Gasteiger charge is 2.25. The minimum atomic E-state index is -0.455. The SMILES string of the molecule is NC(C(=O)CC1CCCc2ccccc21)c1cccs1. The van der Waals surface area contributed by atoms with Crippen molar-refractivity contribution in [3.8, 4) is 0 Å². The van der Waals surface area contributed by atoms with E-state index in [0.717, 1.165) is 17.7 Å². The van der Waals surface area contributed by atoms with Crippen molar-refractivity contribution >= 4 is 17.1 Å². The number of fused-ring (bicyclic) bond motifs is 1. The van der Waals surface area contributed by atoms with Gasteiger partial charge in [0.05, 0.1) is 6.04 Å². The van der Waals surface area contributed by atoms with E-state index in [1.807, 2.05) is 17.5 Å². The molecule has 1 aliphatic rings. The van der Waals surface area contributed by atoms with E-state index in [1.165, 1.54) is 17.5 Å². The predicted molar refractivity (Wildman–Crippen MR) is 83.0 cm³/mol. The second-order valence-electron chi connectivity index (χ2n) is 5.45. The van der Waals surface area contributed by atoms with E-state index in [1.54, 1.807) is 11.3 Å². The average Bonchev–Trinajstić information content (AvgIpc) is 3.01. The van der Waals surface area contributed by atoms with Gasteiger partial charge < -0.3 is 5.73 Å². The lowest BCUT2D eigenvalue weighted by molar-refractivity contribution is -0.120. The van der Waals surface area contributed by atoms with Crippen LogP contribution in [0.15, 0.2) is 41.8 Å². The number of rotatable bonds is 4. The second-order valence-corrected chi connectivity index (χ2v) is 6.43. The Balaban J connectivity index is 1.74. The third kappa shape index (κ3) is 2.69. The summed E-state index contributed by atoms with van der Waals surface area (Å²) >= 11 is 1.56. The number of carbonyl (C=O) groups excluding carboxylic acids is 1. The predicted octanol–water partition coefficient (Wildman–Crippen LogP) is 3.83. The van der Waals surface area contributed by atoms with Gasteiger partial charge in [0.1, 0.15) is 0 Å². The normalized spacial score (nSPS) is 19.4. The number of carbonyl (C=O) groups is 1. The smallest absolute Gasteiger partial charge is 0.155 e. The molecule has 3 heteroatoms. The zero-order valence-corrected chi connectivity index (χ0v) is 12.2. The number of Topliss-reactive ketones (excluding diaryl/α,β-unsaturated/α-hetero) is 1. The van der Waals surface area contributed by atoms with Crippen LogP contribution in [0, 0.1) is 0 Å². The zero-order valence-electron chi connectivity index (χ0n) is 11.4. The van der Waals surface area contributed by atoms with Crippen molar-refractivity contribution < 1.29 is 4.79 Å². The zero-order chi connectivity index (χ0) is 13.9. The number of benzene rings is 1. The number of aryl methyl sites for hydroxylation is 1. The molecule has 104 valence electrons. The molecule has 2 N–H and O–H groups in total. The Morgan fingerprint density at radius 3 is 2.95 bits per heavy atom. The highest BCUT2D eigenvalue weighted by molar-refractivity contribution is 7.10. The van der Waals surface area contributed by atoms with Crippen LogP contribution in [0.5, 0.6) is 0 Å². The Bertz CT molecular complexity index is 591. The Morgan fingerprint density at radius 1 is 1.30 bits per heavy atom. The summed E-state index contributed by atoms with van der Waals surface area (Å²) in [4.78, 5) is 13.4. The van der Waals surface area contributed by atoms with Gasteiger partial charge >= 0.3 is 0 Å². The molecule has 0 saturated heterocycles. The number of thiophene rings is 1. The molecule has 0 radical (unpaired) electrons. The van der Waals surface area contributed by atoms with Gasteiger partial charge in [0.2, 0.25) is 0 Å². The molecule has 0 saturated carbocycles. The lowest BCUT2D eigenvalue weighted by Crippen LogP contribution is -2.23. The molecule has 2 unspecified atom stereocenters. The summed E-state index contributed by atoms with van der Waals surface area (Å²) in [6, 6.07) is 11.9. The first kappa shape index (κ1) is 13.5. The molecule has 2 nitrogen and oxygen atoms in total. The lowest BCUT2D eigenvalue weighted by Gasteiger charge is -2.25. The topological polar surface area (TPSA) is 43.1 Å². The Hall–Kier alpha value is -1.45. The standard InChI is InChI=1S/C17H19NOS/c18-17(16-9-4-10-20-16)15(19)11-13-7-3-6-12-5-1-2-8-14(12)13/h1-2,4-5,8-10,13,17H,3,6-7,11,18H2. The molecule has 0 spiro atoms. The van der Waals surface area contributed by atoms with Crippen LogP contribution in [0.1, 0.15) is 47.2 Å². The second kappa shape index (κ2) is 5.90. The Labute approximate surface area is 123 Å². The maximum atomic E-state index is 12.4. The van der Waals surface area contributed by atoms with Crippen LogP contribution < -0.4 is 5.73 Å².